The number of rotatable bonds is 4. The fourth-order valence-electron chi connectivity index (χ4n) is 1.39. The van der Waals surface area contributed by atoms with Gasteiger partial charge in [-0.25, -0.2) is 4.98 Å². The average molecular weight is 264 g/mol. The monoisotopic (exact) mass is 264 g/mol. The second-order valence-corrected chi connectivity index (χ2v) is 3.71. The molecule has 7 heteroatoms. The van der Waals surface area contributed by atoms with Crippen LogP contribution < -0.4 is 9.47 Å². The van der Waals surface area contributed by atoms with Gasteiger partial charge in [0.15, 0.2) is 11.5 Å². The zero-order valence-electron chi connectivity index (χ0n) is 9.95. The first-order valence-electron chi connectivity index (χ1n) is 5.13. The van der Waals surface area contributed by atoms with Gasteiger partial charge in [-0.3, -0.25) is 5.10 Å². The molecule has 2 aromatic rings. The fourth-order valence-corrected chi connectivity index (χ4v) is 1.54. The van der Waals surface area contributed by atoms with Crippen LogP contribution in [0.25, 0.3) is 0 Å². The predicted molar refractivity (Wildman–Crippen MR) is 69.9 cm³/mol. The summed E-state index contributed by atoms with van der Waals surface area (Å²) in [6.07, 6.45) is 3.13. The molecule has 0 spiro atoms. The molecule has 0 radical (unpaired) electrons. The number of aromatic nitrogens is 3. The first-order valence-corrected chi connectivity index (χ1v) is 5.54. The van der Waals surface area contributed by atoms with Crippen LogP contribution in [0.3, 0.4) is 0 Å². The molecule has 0 aliphatic carbocycles. The van der Waals surface area contributed by atoms with Crippen LogP contribution in [-0.2, 0) is 0 Å². The number of aromatic amines is 1. The summed E-state index contributed by atoms with van der Waals surface area (Å²) < 4.78 is 10.7. The van der Waals surface area contributed by atoms with Crippen molar-refractivity contribution in [2.45, 2.75) is 0 Å². The van der Waals surface area contributed by atoms with E-state index in [0.29, 0.717) is 16.3 Å². The molecule has 0 aliphatic rings. The zero-order chi connectivity index (χ0) is 13.0. The van der Waals surface area contributed by atoms with Crippen LogP contribution in [0.5, 0.6) is 11.5 Å². The van der Waals surface area contributed by atoms with Crippen molar-refractivity contribution in [2.75, 3.05) is 14.2 Å². The number of hydrogen-bond acceptors (Lipinski definition) is 5. The predicted octanol–water partition coefficient (Wildman–Crippen LogP) is 1.84. The van der Waals surface area contributed by atoms with Gasteiger partial charge in [-0.15, -0.1) is 4.79 Å². The van der Waals surface area contributed by atoms with Crippen LogP contribution in [-0.4, -0.2) is 35.3 Å². The maximum Gasteiger partial charge on any atom is 0.238 e. The minimum absolute atomic E-state index is 0.367. The summed E-state index contributed by atoms with van der Waals surface area (Å²) in [6.45, 7) is 0. The van der Waals surface area contributed by atoms with Crippen LogP contribution in [0.2, 0.25) is 0 Å². The Morgan fingerprint density at radius 1 is 1.33 bits per heavy atom. The quantitative estimate of drug-likeness (QED) is 0.676. The van der Waals surface area contributed by atoms with Gasteiger partial charge in [0.05, 0.1) is 20.4 Å². The molecule has 0 bridgehead atoms. The van der Waals surface area contributed by atoms with E-state index in [1.165, 1.54) is 11.1 Å². The van der Waals surface area contributed by atoms with E-state index in [1.807, 2.05) is 18.2 Å². The molecule has 1 heterocycles. The molecule has 0 saturated carbocycles. The summed E-state index contributed by atoms with van der Waals surface area (Å²) in [5.41, 5.74) is 0.865. The molecule has 1 aromatic heterocycles. The highest BCUT2D eigenvalue weighted by atomic mass is 32.1. The number of methoxy groups -OCH3 is 2. The molecule has 0 saturated heterocycles. The molecule has 0 atom stereocenters. The Morgan fingerprint density at radius 2 is 2.11 bits per heavy atom. The van der Waals surface area contributed by atoms with Crippen LogP contribution in [0.15, 0.2) is 29.6 Å². The van der Waals surface area contributed by atoms with E-state index in [0.717, 1.165) is 5.56 Å². The van der Waals surface area contributed by atoms with E-state index in [2.05, 4.69) is 15.2 Å². The van der Waals surface area contributed by atoms with Crippen molar-refractivity contribution >= 4 is 18.4 Å². The van der Waals surface area contributed by atoms with Crippen molar-refractivity contribution < 1.29 is 9.47 Å². The number of nitrogens with one attached hydrogen (secondary N) is 1. The van der Waals surface area contributed by atoms with Gasteiger partial charge in [-0.2, -0.15) is 5.10 Å². The Labute approximate surface area is 109 Å². The molecule has 0 fully saturated rings. The van der Waals surface area contributed by atoms with Crippen molar-refractivity contribution in [2.24, 2.45) is 5.10 Å². The maximum atomic E-state index is 5.20. The first kappa shape index (κ1) is 12.3. The molecule has 1 aromatic carbocycles. The molecular weight excluding hydrogens is 252 g/mol. The Bertz CT molecular complexity index is 618. The standard InChI is InChI=1S/C11H12N4O2S/c1-16-9-4-3-8(5-10(9)17-2)6-13-15-11(18)12-7-14-15/h3-7H,1-2H3,(H,12,14,18)/b13-6+. The van der Waals surface area contributed by atoms with Gasteiger partial charge in [0.25, 0.3) is 0 Å². The summed E-state index contributed by atoms with van der Waals surface area (Å²) in [5.74, 6) is 1.32. The largest absolute Gasteiger partial charge is 0.493 e. The fraction of sp³-hybridized carbons (Fsp3) is 0.182. The zero-order valence-corrected chi connectivity index (χ0v) is 10.8. The van der Waals surface area contributed by atoms with E-state index in [-0.39, 0.29) is 0 Å². The van der Waals surface area contributed by atoms with E-state index in [4.69, 9.17) is 21.7 Å². The molecular formula is C11H12N4O2S. The normalized spacial score (nSPS) is 10.8. The highest BCUT2D eigenvalue weighted by Crippen LogP contribution is 2.26. The van der Waals surface area contributed by atoms with Crippen LogP contribution in [0.4, 0.5) is 0 Å². The molecule has 94 valence electrons. The Kier molecular flexibility index (Phi) is 3.73. The molecule has 1 N–H and O–H groups in total. The highest BCUT2D eigenvalue weighted by Gasteiger charge is 2.02. The van der Waals surface area contributed by atoms with Gasteiger partial charge < -0.3 is 9.47 Å². The van der Waals surface area contributed by atoms with Crippen molar-refractivity contribution in [3.8, 4) is 11.5 Å². The summed E-state index contributed by atoms with van der Waals surface area (Å²) in [4.78, 5) is 5.25. The Morgan fingerprint density at radius 3 is 2.72 bits per heavy atom. The Hall–Kier alpha value is -2.15. The van der Waals surface area contributed by atoms with Gasteiger partial charge in [0.2, 0.25) is 4.77 Å². The van der Waals surface area contributed by atoms with Gasteiger partial charge in [-0.05, 0) is 36.0 Å². The minimum atomic E-state index is 0.367. The molecule has 0 aliphatic heterocycles. The highest BCUT2D eigenvalue weighted by molar-refractivity contribution is 7.71. The number of benzene rings is 1. The van der Waals surface area contributed by atoms with Crippen molar-refractivity contribution in [1.82, 2.24) is 14.9 Å². The van der Waals surface area contributed by atoms with Gasteiger partial charge in [-0.1, -0.05) is 0 Å². The van der Waals surface area contributed by atoms with E-state index < -0.39 is 0 Å². The van der Waals surface area contributed by atoms with Crippen LogP contribution >= 0.6 is 12.2 Å². The smallest absolute Gasteiger partial charge is 0.238 e. The second-order valence-electron chi connectivity index (χ2n) is 3.34. The molecule has 0 amide bonds. The van der Waals surface area contributed by atoms with Crippen molar-refractivity contribution in [3.63, 3.8) is 0 Å². The SMILES string of the molecule is COc1ccc(/C=N/n2[nH]cnc2=S)cc1OC. The van der Waals surface area contributed by atoms with Crippen molar-refractivity contribution in [1.29, 1.82) is 0 Å². The topological polar surface area (TPSA) is 64.4 Å². The van der Waals surface area contributed by atoms with E-state index in [9.17, 15) is 0 Å². The summed E-state index contributed by atoms with van der Waals surface area (Å²) in [7, 11) is 3.18. The molecule has 2 rings (SSSR count). The minimum Gasteiger partial charge on any atom is -0.493 e. The third-order valence-electron chi connectivity index (χ3n) is 2.27. The summed E-state index contributed by atoms with van der Waals surface area (Å²) in [6, 6.07) is 5.50. The number of nitrogens with zero attached hydrogens (tertiary/aromatic N) is 3. The first-order chi connectivity index (χ1) is 8.74. The van der Waals surface area contributed by atoms with Crippen LogP contribution in [0.1, 0.15) is 5.56 Å². The maximum absolute atomic E-state index is 5.20. The summed E-state index contributed by atoms with van der Waals surface area (Å²) >= 11 is 4.95. The lowest BCUT2D eigenvalue weighted by atomic mass is 10.2. The van der Waals surface area contributed by atoms with Gasteiger partial charge in [0.1, 0.15) is 6.33 Å². The number of ether oxygens (including phenoxy) is 2. The van der Waals surface area contributed by atoms with E-state index >= 15 is 0 Å². The lowest BCUT2D eigenvalue weighted by molar-refractivity contribution is 0.355. The lowest BCUT2D eigenvalue weighted by Gasteiger charge is -2.07. The molecule has 0 unspecified atom stereocenters. The van der Waals surface area contributed by atoms with Gasteiger partial charge in [0, 0.05) is 0 Å². The van der Waals surface area contributed by atoms with Crippen LogP contribution in [0, 0.1) is 4.77 Å². The van der Waals surface area contributed by atoms with E-state index in [1.54, 1.807) is 20.4 Å². The molecule has 18 heavy (non-hydrogen) atoms. The number of hydrogen-bond donors (Lipinski definition) is 1. The third-order valence-corrected chi connectivity index (χ3v) is 2.54. The van der Waals surface area contributed by atoms with Gasteiger partial charge >= 0.3 is 0 Å². The Balaban J connectivity index is 2.27. The molecule has 6 nitrogen and oxygen atoms in total. The number of H-pyrrole nitrogens is 1. The third kappa shape index (κ3) is 2.57. The lowest BCUT2D eigenvalue weighted by Crippen LogP contribution is -1.95. The second kappa shape index (κ2) is 5.46. The summed E-state index contributed by atoms with van der Waals surface area (Å²) in [5, 5.41) is 6.91. The average Bonchev–Trinajstić information content (AvgIpc) is 2.81. The van der Waals surface area contributed by atoms with Crippen molar-refractivity contribution in [3.05, 3.63) is 34.9 Å².